The number of rotatable bonds is 4. The molecule has 2 fully saturated rings. The van der Waals surface area contributed by atoms with Gasteiger partial charge in [0.1, 0.15) is 0 Å². The van der Waals surface area contributed by atoms with E-state index in [1.807, 2.05) is 45.5 Å². The quantitative estimate of drug-likeness (QED) is 0.387. The SMILES string of the molecule is C[C@H]1O[C@@H](C(C)(C)C)OC(=O)[C@@H]1[C@H](Sc1ccccc1Br)C1CCCCC1. The van der Waals surface area contributed by atoms with E-state index in [-0.39, 0.29) is 28.7 Å². The Labute approximate surface area is 176 Å². The van der Waals surface area contributed by atoms with Crippen molar-refractivity contribution in [3.8, 4) is 0 Å². The van der Waals surface area contributed by atoms with Crippen molar-refractivity contribution >= 4 is 33.7 Å². The van der Waals surface area contributed by atoms with Crippen molar-refractivity contribution in [1.82, 2.24) is 0 Å². The Morgan fingerprint density at radius 3 is 2.41 bits per heavy atom. The Morgan fingerprint density at radius 2 is 1.81 bits per heavy atom. The highest BCUT2D eigenvalue weighted by atomic mass is 79.9. The lowest BCUT2D eigenvalue weighted by atomic mass is 9.80. The molecule has 0 N–H and O–H groups in total. The van der Waals surface area contributed by atoms with Crippen molar-refractivity contribution in [1.29, 1.82) is 0 Å². The fourth-order valence-corrected chi connectivity index (χ4v) is 6.22. The van der Waals surface area contributed by atoms with Crippen molar-refractivity contribution in [2.45, 2.75) is 82.3 Å². The number of hydrogen-bond acceptors (Lipinski definition) is 4. The molecule has 1 saturated carbocycles. The first-order chi connectivity index (χ1) is 12.8. The number of carbonyl (C=O) groups is 1. The minimum absolute atomic E-state index is 0.0937. The number of halogens is 1. The molecular formula is C22H31BrO3S. The van der Waals surface area contributed by atoms with Crippen LogP contribution in [0.3, 0.4) is 0 Å². The highest BCUT2D eigenvalue weighted by Crippen LogP contribution is 2.45. The minimum atomic E-state index is -0.475. The molecule has 5 heteroatoms. The second-order valence-corrected chi connectivity index (χ2v) is 11.0. The van der Waals surface area contributed by atoms with E-state index in [4.69, 9.17) is 9.47 Å². The lowest BCUT2D eigenvalue weighted by Crippen LogP contribution is -2.52. The van der Waals surface area contributed by atoms with Crippen molar-refractivity contribution in [3.63, 3.8) is 0 Å². The van der Waals surface area contributed by atoms with E-state index < -0.39 is 6.29 Å². The maximum absolute atomic E-state index is 13.1. The van der Waals surface area contributed by atoms with Gasteiger partial charge < -0.3 is 9.47 Å². The van der Waals surface area contributed by atoms with Gasteiger partial charge in [-0.3, -0.25) is 4.79 Å². The van der Waals surface area contributed by atoms with Crippen LogP contribution >= 0.6 is 27.7 Å². The summed E-state index contributed by atoms with van der Waals surface area (Å²) in [6, 6.07) is 8.27. The largest absolute Gasteiger partial charge is 0.435 e. The van der Waals surface area contributed by atoms with Crippen LogP contribution < -0.4 is 0 Å². The second-order valence-electron chi connectivity index (χ2n) is 8.91. The normalized spacial score (nSPS) is 28.6. The summed E-state index contributed by atoms with van der Waals surface area (Å²) in [5.41, 5.74) is -0.217. The third-order valence-electron chi connectivity index (χ3n) is 5.61. The summed E-state index contributed by atoms with van der Waals surface area (Å²) in [6.07, 6.45) is 5.55. The molecule has 1 aliphatic carbocycles. The first kappa shape index (κ1) is 21.2. The number of hydrogen-bond donors (Lipinski definition) is 0. The molecule has 4 atom stereocenters. The van der Waals surface area contributed by atoms with Crippen LogP contribution in [0, 0.1) is 17.3 Å². The van der Waals surface area contributed by atoms with Crippen molar-refractivity contribution in [2.75, 3.05) is 0 Å². The topological polar surface area (TPSA) is 35.5 Å². The Hall–Kier alpha value is -0.520. The third-order valence-corrected chi connectivity index (χ3v) is 8.13. The molecule has 0 radical (unpaired) electrons. The molecule has 1 aromatic rings. The smallest absolute Gasteiger partial charge is 0.315 e. The van der Waals surface area contributed by atoms with Gasteiger partial charge in [0.25, 0.3) is 0 Å². The van der Waals surface area contributed by atoms with Crippen molar-refractivity contribution in [2.24, 2.45) is 17.3 Å². The van der Waals surface area contributed by atoms with E-state index in [1.54, 1.807) is 0 Å². The van der Waals surface area contributed by atoms with E-state index >= 15 is 0 Å². The number of esters is 1. The summed E-state index contributed by atoms with van der Waals surface area (Å²) in [5.74, 6) is 0.193. The van der Waals surface area contributed by atoms with Gasteiger partial charge in [-0.25, -0.2) is 0 Å². The second kappa shape index (κ2) is 8.87. The zero-order valence-electron chi connectivity index (χ0n) is 16.7. The Bertz CT molecular complexity index is 651. The highest BCUT2D eigenvalue weighted by molar-refractivity contribution is 9.10. The first-order valence-electron chi connectivity index (χ1n) is 10.0. The molecule has 0 bridgehead atoms. The lowest BCUT2D eigenvalue weighted by Gasteiger charge is -2.44. The molecule has 0 spiro atoms. The van der Waals surface area contributed by atoms with Crippen LogP contribution in [0.4, 0.5) is 0 Å². The van der Waals surface area contributed by atoms with E-state index in [9.17, 15) is 4.79 Å². The molecule has 27 heavy (non-hydrogen) atoms. The van der Waals surface area contributed by atoms with Crippen LogP contribution in [0.15, 0.2) is 33.6 Å². The predicted molar refractivity (Wildman–Crippen MR) is 114 cm³/mol. The minimum Gasteiger partial charge on any atom is -0.435 e. The van der Waals surface area contributed by atoms with E-state index in [2.05, 4.69) is 34.1 Å². The van der Waals surface area contributed by atoms with E-state index in [0.717, 1.165) is 4.47 Å². The summed E-state index contributed by atoms with van der Waals surface area (Å²) >= 11 is 5.49. The predicted octanol–water partition coefficient (Wildman–Crippen LogP) is 6.44. The average molecular weight is 455 g/mol. The monoisotopic (exact) mass is 454 g/mol. The highest BCUT2D eigenvalue weighted by Gasteiger charge is 2.47. The molecule has 1 aliphatic heterocycles. The molecule has 0 unspecified atom stereocenters. The zero-order valence-corrected chi connectivity index (χ0v) is 19.1. The Kier molecular flexibility index (Phi) is 6.97. The summed E-state index contributed by atoms with van der Waals surface area (Å²) in [4.78, 5) is 14.3. The van der Waals surface area contributed by atoms with Crippen LogP contribution in [-0.4, -0.2) is 23.6 Å². The van der Waals surface area contributed by atoms with Gasteiger partial charge in [0.2, 0.25) is 6.29 Å². The van der Waals surface area contributed by atoms with Crippen LogP contribution in [0.25, 0.3) is 0 Å². The van der Waals surface area contributed by atoms with Gasteiger partial charge in [-0.1, -0.05) is 52.2 Å². The number of ether oxygens (including phenoxy) is 2. The van der Waals surface area contributed by atoms with Gasteiger partial charge in [-0.15, -0.1) is 11.8 Å². The fourth-order valence-electron chi connectivity index (χ4n) is 4.08. The van der Waals surface area contributed by atoms with E-state index in [0.29, 0.717) is 5.92 Å². The maximum atomic E-state index is 13.1. The summed E-state index contributed by atoms with van der Waals surface area (Å²) < 4.78 is 13.1. The lowest BCUT2D eigenvalue weighted by molar-refractivity contribution is -0.254. The number of cyclic esters (lactones) is 1. The fraction of sp³-hybridized carbons (Fsp3) is 0.682. The third kappa shape index (κ3) is 5.10. The summed E-state index contributed by atoms with van der Waals surface area (Å²) in [7, 11) is 0. The molecular weight excluding hydrogens is 424 g/mol. The molecule has 2 aliphatic rings. The van der Waals surface area contributed by atoms with Crippen LogP contribution in [0.1, 0.15) is 59.8 Å². The van der Waals surface area contributed by atoms with Gasteiger partial charge in [0, 0.05) is 20.0 Å². The molecule has 3 rings (SSSR count). The van der Waals surface area contributed by atoms with Crippen LogP contribution in [-0.2, 0) is 14.3 Å². The van der Waals surface area contributed by atoms with Crippen molar-refractivity contribution < 1.29 is 14.3 Å². The molecule has 0 amide bonds. The average Bonchev–Trinajstić information content (AvgIpc) is 2.62. The first-order valence-corrected chi connectivity index (χ1v) is 11.7. The summed E-state index contributed by atoms with van der Waals surface area (Å²) in [5, 5.41) is 0.174. The maximum Gasteiger partial charge on any atom is 0.315 e. The zero-order chi connectivity index (χ0) is 19.6. The Balaban J connectivity index is 1.85. The van der Waals surface area contributed by atoms with Gasteiger partial charge >= 0.3 is 5.97 Å². The molecule has 1 saturated heterocycles. The molecule has 150 valence electrons. The number of carbonyl (C=O) groups excluding carboxylic acids is 1. The van der Waals surface area contributed by atoms with Gasteiger partial charge in [0.05, 0.1) is 12.0 Å². The molecule has 1 heterocycles. The van der Waals surface area contributed by atoms with Gasteiger partial charge in [-0.2, -0.15) is 0 Å². The summed E-state index contributed by atoms with van der Waals surface area (Å²) in [6.45, 7) is 8.19. The molecule has 3 nitrogen and oxygen atoms in total. The number of benzene rings is 1. The van der Waals surface area contributed by atoms with Crippen LogP contribution in [0.2, 0.25) is 0 Å². The van der Waals surface area contributed by atoms with E-state index in [1.165, 1.54) is 37.0 Å². The molecule has 1 aromatic carbocycles. The molecule has 0 aromatic heterocycles. The van der Waals surface area contributed by atoms with Crippen LogP contribution in [0.5, 0.6) is 0 Å². The Morgan fingerprint density at radius 1 is 1.15 bits per heavy atom. The number of thioether (sulfide) groups is 1. The van der Waals surface area contributed by atoms with Gasteiger partial charge in [0.15, 0.2) is 0 Å². The standard InChI is InChI=1S/C22H31BrO3S/c1-14-18(20(24)26-21(25-14)22(2,3)4)19(15-10-6-5-7-11-15)27-17-13-9-8-12-16(17)23/h8-9,12-15,18-19,21H,5-7,10-11H2,1-4H3/t14-,18+,19-,21-/m1/s1. The van der Waals surface area contributed by atoms with Crippen molar-refractivity contribution in [3.05, 3.63) is 28.7 Å². The van der Waals surface area contributed by atoms with Gasteiger partial charge in [-0.05, 0) is 53.7 Å².